The molecule has 1 atom stereocenters. The van der Waals surface area contributed by atoms with Crippen LogP contribution in [0.4, 0.5) is 0 Å². The van der Waals surface area contributed by atoms with Gasteiger partial charge in [-0.3, -0.25) is 9.59 Å². The molecule has 1 unspecified atom stereocenters. The minimum atomic E-state index is -0.663. The molecule has 1 aromatic heterocycles. The van der Waals surface area contributed by atoms with Crippen LogP contribution in [0.25, 0.3) is 5.76 Å². The summed E-state index contributed by atoms with van der Waals surface area (Å²) in [5, 5.41) is 11.2. The van der Waals surface area contributed by atoms with E-state index < -0.39 is 17.7 Å². The van der Waals surface area contributed by atoms with Crippen LogP contribution in [0, 0.1) is 6.92 Å². The molecule has 2 saturated heterocycles. The number of aromatic nitrogens is 1. The Balaban J connectivity index is 1.73. The van der Waals surface area contributed by atoms with E-state index in [1.165, 1.54) is 4.90 Å². The number of hydrogen-bond donors (Lipinski definition) is 2. The van der Waals surface area contributed by atoms with Gasteiger partial charge < -0.3 is 24.4 Å². The zero-order chi connectivity index (χ0) is 22.7. The van der Waals surface area contributed by atoms with E-state index in [1.807, 2.05) is 19.1 Å². The van der Waals surface area contributed by atoms with Crippen LogP contribution >= 0.6 is 0 Å². The van der Waals surface area contributed by atoms with Crippen molar-refractivity contribution in [2.45, 2.75) is 13.0 Å². The van der Waals surface area contributed by atoms with Gasteiger partial charge in [-0.25, -0.2) is 4.98 Å². The van der Waals surface area contributed by atoms with Crippen molar-refractivity contribution in [2.75, 3.05) is 46.5 Å². The molecule has 32 heavy (non-hydrogen) atoms. The van der Waals surface area contributed by atoms with E-state index >= 15 is 0 Å². The number of H-pyrrole nitrogens is 1. The van der Waals surface area contributed by atoms with Gasteiger partial charge >= 0.3 is 0 Å². The van der Waals surface area contributed by atoms with E-state index in [0.29, 0.717) is 37.6 Å². The number of aryl methyl sites for hydroxylation is 1. The number of Topliss-reactive ketones (excluding diaryl/α,β-unsaturated/α-hetero) is 1. The molecular weight excluding hydrogens is 410 g/mol. The van der Waals surface area contributed by atoms with E-state index in [9.17, 15) is 14.7 Å². The van der Waals surface area contributed by atoms with Crippen molar-refractivity contribution in [2.24, 2.45) is 0 Å². The van der Waals surface area contributed by atoms with E-state index in [4.69, 9.17) is 9.47 Å². The van der Waals surface area contributed by atoms with Gasteiger partial charge in [0.25, 0.3) is 11.7 Å². The maximum absolute atomic E-state index is 13.1. The molecule has 2 aliphatic rings. The third-order valence-electron chi connectivity index (χ3n) is 6.18. The predicted octanol–water partition coefficient (Wildman–Crippen LogP) is 0.155. The van der Waals surface area contributed by atoms with Crippen molar-refractivity contribution < 1.29 is 34.1 Å². The van der Waals surface area contributed by atoms with Crippen molar-refractivity contribution in [3.05, 3.63) is 65.0 Å². The lowest BCUT2D eigenvalue weighted by molar-refractivity contribution is -0.907. The highest BCUT2D eigenvalue weighted by atomic mass is 16.5. The van der Waals surface area contributed by atoms with Crippen LogP contribution in [0.1, 0.15) is 22.7 Å². The number of nitrogens with one attached hydrogen (secondary N) is 2. The van der Waals surface area contributed by atoms with Crippen molar-refractivity contribution in [1.82, 2.24) is 4.90 Å². The number of carbonyl (C=O) groups excluding carboxylic acids is 2. The SMILES string of the molecule is COc1ccc(C(O)=C2C(=O)C(=O)N(CC[NH+]3CCOCC3)C2c2ccc[nH+]c2)c(C)c1. The molecule has 2 aromatic rings. The van der Waals surface area contributed by atoms with Crippen LogP contribution < -0.4 is 14.6 Å². The average molecular weight is 440 g/mol. The number of ketones is 1. The molecule has 3 heterocycles. The molecule has 3 N–H and O–H groups in total. The third kappa shape index (κ3) is 4.24. The highest BCUT2D eigenvalue weighted by Gasteiger charge is 2.47. The van der Waals surface area contributed by atoms with Crippen LogP contribution in [0.5, 0.6) is 5.75 Å². The van der Waals surface area contributed by atoms with Gasteiger partial charge in [-0.15, -0.1) is 0 Å². The van der Waals surface area contributed by atoms with Crippen LogP contribution in [-0.2, 0) is 14.3 Å². The first-order valence-corrected chi connectivity index (χ1v) is 10.8. The fraction of sp³-hybridized carbons (Fsp3) is 0.375. The molecule has 4 rings (SSSR count). The largest absolute Gasteiger partial charge is 0.507 e. The lowest BCUT2D eigenvalue weighted by atomic mass is 9.94. The van der Waals surface area contributed by atoms with Gasteiger partial charge in [0, 0.05) is 17.2 Å². The van der Waals surface area contributed by atoms with E-state index in [0.717, 1.165) is 24.2 Å². The fourth-order valence-corrected chi connectivity index (χ4v) is 4.40. The monoisotopic (exact) mass is 439 g/mol. The van der Waals surface area contributed by atoms with E-state index in [-0.39, 0.29) is 11.3 Å². The summed E-state index contributed by atoms with van der Waals surface area (Å²) in [4.78, 5) is 32.1. The van der Waals surface area contributed by atoms with E-state index in [2.05, 4.69) is 4.98 Å². The van der Waals surface area contributed by atoms with Crippen molar-refractivity contribution in [1.29, 1.82) is 0 Å². The second-order valence-corrected chi connectivity index (χ2v) is 8.12. The topological polar surface area (TPSA) is 94.7 Å². The zero-order valence-corrected chi connectivity index (χ0v) is 18.4. The summed E-state index contributed by atoms with van der Waals surface area (Å²) in [5.74, 6) is -0.761. The number of ether oxygens (including phenoxy) is 2. The minimum absolute atomic E-state index is 0.111. The molecule has 2 fully saturated rings. The minimum Gasteiger partial charge on any atom is -0.507 e. The number of rotatable bonds is 6. The summed E-state index contributed by atoms with van der Waals surface area (Å²) in [5.41, 5.74) is 2.12. The van der Waals surface area contributed by atoms with Crippen LogP contribution in [-0.4, -0.2) is 68.2 Å². The summed E-state index contributed by atoms with van der Waals surface area (Å²) in [6, 6.07) is 8.25. The Bertz CT molecular complexity index is 1030. The quantitative estimate of drug-likeness (QED) is 0.380. The molecule has 168 valence electrons. The number of quaternary nitrogens is 1. The molecule has 1 amide bonds. The second-order valence-electron chi connectivity index (χ2n) is 8.12. The number of hydrogen-bond acceptors (Lipinski definition) is 5. The van der Waals surface area contributed by atoms with Crippen LogP contribution in [0.15, 0.2) is 48.3 Å². The summed E-state index contributed by atoms with van der Waals surface area (Å²) in [6.07, 6.45) is 3.53. The molecular formula is C24H29N3O5+2. The van der Waals surface area contributed by atoms with Gasteiger partial charge in [-0.05, 0) is 36.8 Å². The average Bonchev–Trinajstić information content (AvgIpc) is 3.08. The molecule has 0 aliphatic carbocycles. The molecule has 0 spiro atoms. The van der Waals surface area contributed by atoms with Gasteiger partial charge in [0.2, 0.25) is 0 Å². The number of carbonyl (C=O) groups is 2. The Morgan fingerprint density at radius 3 is 2.72 bits per heavy atom. The molecule has 0 saturated carbocycles. The molecule has 1 aromatic carbocycles. The first-order chi connectivity index (χ1) is 15.5. The van der Waals surface area contributed by atoms with Gasteiger partial charge in [0.05, 0.1) is 45.0 Å². The number of aromatic amines is 1. The smallest absolute Gasteiger partial charge is 0.295 e. The number of aliphatic hydroxyl groups is 1. The molecule has 8 nitrogen and oxygen atoms in total. The third-order valence-corrected chi connectivity index (χ3v) is 6.18. The normalized spacial score (nSPS) is 21.2. The number of amides is 1. The van der Waals surface area contributed by atoms with Crippen molar-refractivity contribution >= 4 is 17.4 Å². The number of likely N-dealkylation sites (tertiary alicyclic amines) is 1. The summed E-state index contributed by atoms with van der Waals surface area (Å²) >= 11 is 0. The van der Waals surface area contributed by atoms with Crippen molar-refractivity contribution in [3.63, 3.8) is 0 Å². The number of benzene rings is 1. The maximum atomic E-state index is 13.1. The van der Waals surface area contributed by atoms with Gasteiger partial charge in [-0.1, -0.05) is 0 Å². The standard InChI is InChI=1S/C24H27N3O5/c1-16-14-18(31-2)5-6-19(16)22(28)20-21(17-4-3-7-25-15-17)27(24(30)23(20)29)9-8-26-10-12-32-13-11-26/h3-7,14-15,21,28H,8-13H2,1-2H3/p+2. The highest BCUT2D eigenvalue weighted by molar-refractivity contribution is 6.46. The Morgan fingerprint density at radius 2 is 2.06 bits per heavy atom. The molecule has 8 heteroatoms. The number of pyridine rings is 1. The van der Waals surface area contributed by atoms with Gasteiger partial charge in [0.15, 0.2) is 12.4 Å². The predicted molar refractivity (Wildman–Crippen MR) is 116 cm³/mol. The second kappa shape index (κ2) is 9.50. The van der Waals surface area contributed by atoms with Crippen LogP contribution in [0.3, 0.4) is 0 Å². The number of morpholine rings is 1. The molecule has 2 aliphatic heterocycles. The Labute approximate surface area is 187 Å². The Hall–Kier alpha value is -3.23. The molecule has 0 radical (unpaired) electrons. The first kappa shape index (κ1) is 22.0. The van der Waals surface area contributed by atoms with Crippen molar-refractivity contribution in [3.8, 4) is 5.75 Å². The van der Waals surface area contributed by atoms with E-state index in [1.54, 1.807) is 42.6 Å². The lowest BCUT2D eigenvalue weighted by Gasteiger charge is -2.28. The number of methoxy groups -OCH3 is 1. The first-order valence-electron chi connectivity index (χ1n) is 10.8. The zero-order valence-electron chi connectivity index (χ0n) is 18.4. The van der Waals surface area contributed by atoms with Gasteiger partial charge in [-0.2, -0.15) is 0 Å². The van der Waals surface area contributed by atoms with Gasteiger partial charge in [0.1, 0.15) is 24.6 Å². The fourth-order valence-electron chi connectivity index (χ4n) is 4.40. The van der Waals surface area contributed by atoms with Crippen LogP contribution in [0.2, 0.25) is 0 Å². The molecule has 0 bridgehead atoms. The lowest BCUT2D eigenvalue weighted by Crippen LogP contribution is -3.14. The summed E-state index contributed by atoms with van der Waals surface area (Å²) < 4.78 is 10.7. The number of nitrogens with zero attached hydrogens (tertiary/aromatic N) is 1. The number of aliphatic hydroxyl groups excluding tert-OH is 1. The highest BCUT2D eigenvalue weighted by Crippen LogP contribution is 2.39. The Morgan fingerprint density at radius 1 is 1.28 bits per heavy atom. The maximum Gasteiger partial charge on any atom is 0.295 e. The summed E-state index contributed by atoms with van der Waals surface area (Å²) in [6.45, 7) is 6.10. The Kier molecular flexibility index (Phi) is 6.53. The summed E-state index contributed by atoms with van der Waals surface area (Å²) in [7, 11) is 1.57.